The zero-order chi connectivity index (χ0) is 36.8. The van der Waals surface area contributed by atoms with Crippen LogP contribution in [0, 0.1) is 18.8 Å². The molecular weight excluding hydrogens is 704 g/mol. The van der Waals surface area contributed by atoms with Crippen LogP contribution in [0.4, 0.5) is 10.5 Å². The molecule has 1 aromatic carbocycles. The van der Waals surface area contributed by atoms with Crippen LogP contribution in [-0.2, 0) is 39.7 Å². The number of fused-ring (bicyclic) bond motifs is 5. The molecule has 11 nitrogen and oxygen atoms in total. The molecule has 3 aliphatic rings. The summed E-state index contributed by atoms with van der Waals surface area (Å²) in [6, 6.07) is 3.88. The SMILES string of the molecule is COC(COCCCSSC)C(=O)O[C@H]1CC(=O)N(C)c2cc(cc(C)c2Cl)C/C(C)=C/C=C/[C@@H](C)[C@@]2(O)C[C@H](OC(=O)N2)[C@@H](C)[C@@H]2O[C@@]12C. The number of nitrogens with one attached hydrogen (secondary N) is 1. The third kappa shape index (κ3) is 9.78. The molecule has 50 heavy (non-hydrogen) atoms. The first-order chi connectivity index (χ1) is 23.6. The van der Waals surface area contributed by atoms with E-state index in [1.807, 2.05) is 64.3 Å². The quantitative estimate of drug-likeness (QED) is 0.126. The molecule has 4 rings (SSSR count). The minimum Gasteiger partial charge on any atom is -0.457 e. The Morgan fingerprint density at radius 2 is 2.00 bits per heavy atom. The molecule has 0 saturated carbocycles. The molecular formula is C36H51ClN2O9S2. The van der Waals surface area contributed by atoms with Crippen molar-refractivity contribution in [3.8, 4) is 0 Å². The number of ether oxygens (including phenoxy) is 5. The maximum absolute atomic E-state index is 14.0. The van der Waals surface area contributed by atoms with Gasteiger partial charge in [-0.25, -0.2) is 9.59 Å². The first kappa shape index (κ1) is 40.5. The number of nitrogens with zero attached hydrogens (tertiary/aromatic N) is 1. The summed E-state index contributed by atoms with van der Waals surface area (Å²) >= 11 is 6.76. The van der Waals surface area contributed by atoms with Crippen molar-refractivity contribution in [2.45, 2.75) is 96.0 Å². The number of rotatable bonds is 10. The van der Waals surface area contributed by atoms with Gasteiger partial charge in [0.1, 0.15) is 23.5 Å². The molecule has 3 aliphatic heterocycles. The smallest absolute Gasteiger partial charge is 0.409 e. The molecule has 3 heterocycles. The Morgan fingerprint density at radius 3 is 2.70 bits per heavy atom. The molecule has 2 amide bonds. The second kappa shape index (κ2) is 17.5. The van der Waals surface area contributed by atoms with E-state index in [4.69, 9.17) is 35.3 Å². The lowest BCUT2D eigenvalue weighted by Crippen LogP contribution is -2.60. The van der Waals surface area contributed by atoms with Crippen LogP contribution in [0.5, 0.6) is 0 Å². The molecule has 4 bridgehead atoms. The summed E-state index contributed by atoms with van der Waals surface area (Å²) in [6.07, 6.45) is 4.87. The zero-order valence-electron chi connectivity index (χ0n) is 30.2. The van der Waals surface area contributed by atoms with Crippen molar-refractivity contribution in [2.75, 3.05) is 44.3 Å². The monoisotopic (exact) mass is 754 g/mol. The molecule has 0 spiro atoms. The van der Waals surface area contributed by atoms with Gasteiger partial charge < -0.3 is 33.7 Å². The van der Waals surface area contributed by atoms with E-state index in [1.54, 1.807) is 35.6 Å². The lowest BCUT2D eigenvalue weighted by molar-refractivity contribution is -0.168. The van der Waals surface area contributed by atoms with Crippen LogP contribution in [0.2, 0.25) is 5.02 Å². The van der Waals surface area contributed by atoms with Crippen LogP contribution in [0.1, 0.15) is 58.1 Å². The topological polar surface area (TPSA) is 136 Å². The van der Waals surface area contributed by atoms with Gasteiger partial charge in [-0.3, -0.25) is 10.1 Å². The van der Waals surface area contributed by atoms with Crippen molar-refractivity contribution < 1.29 is 43.2 Å². The van der Waals surface area contributed by atoms with Crippen LogP contribution >= 0.6 is 33.2 Å². The molecule has 0 aliphatic carbocycles. The number of benzene rings is 1. The molecule has 2 N–H and O–H groups in total. The number of esters is 1. The number of halogens is 1. The number of aryl methyl sites for hydroxylation is 1. The van der Waals surface area contributed by atoms with Crippen LogP contribution in [0.25, 0.3) is 0 Å². The summed E-state index contributed by atoms with van der Waals surface area (Å²) < 4.78 is 29.2. The van der Waals surface area contributed by atoms with Gasteiger partial charge in [-0.2, -0.15) is 0 Å². The fourth-order valence-corrected chi connectivity index (χ4v) is 7.98. The Hall–Kier alpha value is -2.26. The summed E-state index contributed by atoms with van der Waals surface area (Å²) in [4.78, 5) is 41.8. The van der Waals surface area contributed by atoms with Crippen LogP contribution in [0.15, 0.2) is 35.9 Å². The summed E-state index contributed by atoms with van der Waals surface area (Å²) in [6.45, 7) is 9.79. The van der Waals surface area contributed by atoms with Crippen molar-refractivity contribution in [3.63, 3.8) is 0 Å². The first-order valence-electron chi connectivity index (χ1n) is 16.9. The van der Waals surface area contributed by atoms with Crippen molar-refractivity contribution in [2.24, 2.45) is 11.8 Å². The number of aliphatic hydroxyl groups is 1. The van der Waals surface area contributed by atoms with Crippen molar-refractivity contribution in [1.82, 2.24) is 5.32 Å². The van der Waals surface area contributed by atoms with Gasteiger partial charge in [-0.1, -0.05) is 76.9 Å². The van der Waals surface area contributed by atoms with Gasteiger partial charge in [0.25, 0.3) is 0 Å². The molecule has 14 heteroatoms. The van der Waals surface area contributed by atoms with Gasteiger partial charge in [0.15, 0.2) is 6.10 Å². The van der Waals surface area contributed by atoms with E-state index in [-0.39, 0.29) is 25.4 Å². The van der Waals surface area contributed by atoms with E-state index in [0.717, 1.165) is 28.9 Å². The molecule has 2 saturated heterocycles. The Morgan fingerprint density at radius 1 is 1.26 bits per heavy atom. The first-order valence-corrected chi connectivity index (χ1v) is 20.0. The largest absolute Gasteiger partial charge is 0.457 e. The number of hydrogen-bond donors (Lipinski definition) is 2. The Bertz CT molecular complexity index is 1460. The fourth-order valence-electron chi connectivity index (χ4n) is 6.49. The Balaban J connectivity index is 1.67. The number of alkyl carbamates (subject to hydrolysis) is 1. The Labute approximate surface area is 308 Å². The number of epoxide rings is 1. The predicted molar refractivity (Wildman–Crippen MR) is 197 cm³/mol. The molecule has 278 valence electrons. The van der Waals surface area contributed by atoms with Crippen LogP contribution < -0.4 is 10.2 Å². The van der Waals surface area contributed by atoms with Gasteiger partial charge >= 0.3 is 12.1 Å². The van der Waals surface area contributed by atoms with Crippen LogP contribution in [0.3, 0.4) is 0 Å². The second-order valence-electron chi connectivity index (χ2n) is 13.6. The van der Waals surface area contributed by atoms with E-state index < -0.39 is 59.6 Å². The highest BCUT2D eigenvalue weighted by molar-refractivity contribution is 8.76. The van der Waals surface area contributed by atoms with Gasteiger partial charge in [-0.05, 0) is 57.1 Å². The molecule has 8 atom stereocenters. The number of hydrogen-bond acceptors (Lipinski definition) is 11. The number of carbonyl (C=O) groups excluding carboxylic acids is 3. The highest BCUT2D eigenvalue weighted by atomic mass is 35.5. The van der Waals surface area contributed by atoms with E-state index in [0.29, 0.717) is 23.7 Å². The standard InChI is InChI=1S/C36H51ClN2O9S2/c1-21-11-9-12-23(3)36(43)19-27(46-34(42)38-36)24(4)32-35(5,48-32)29(47-33(41)28(44-7)20-45-13-10-14-50-49-8)18-30(40)39(6)26-17-25(15-21)16-22(2)31(26)37/h9,11-12,16-17,23-24,27-29,32,43H,10,13-15,18-20H2,1-8H3,(H,38,42)/b12-9+,21-11+/t23-,24-,27+,28?,29+,32+,35+,36+/m1/s1. The third-order valence-corrected chi connectivity index (χ3v) is 12.2. The normalized spacial score (nSPS) is 32.6. The van der Waals surface area contributed by atoms with E-state index in [9.17, 15) is 19.5 Å². The molecule has 1 aromatic rings. The second-order valence-corrected chi connectivity index (χ2v) is 16.7. The lowest BCUT2D eigenvalue weighted by Gasteiger charge is -2.41. The summed E-state index contributed by atoms with van der Waals surface area (Å²) in [5, 5.41) is 14.7. The third-order valence-electron chi connectivity index (χ3n) is 9.80. The summed E-state index contributed by atoms with van der Waals surface area (Å²) in [5.74, 6) is -0.996. The van der Waals surface area contributed by atoms with Crippen molar-refractivity contribution in [3.05, 3.63) is 52.1 Å². The maximum Gasteiger partial charge on any atom is 0.409 e. The van der Waals surface area contributed by atoms with Crippen molar-refractivity contribution in [1.29, 1.82) is 0 Å². The van der Waals surface area contributed by atoms with E-state index in [2.05, 4.69) is 5.32 Å². The number of allylic oxidation sites excluding steroid dienone is 3. The number of methoxy groups -OCH3 is 1. The van der Waals surface area contributed by atoms with Gasteiger partial charge in [0, 0.05) is 44.8 Å². The Kier molecular flexibility index (Phi) is 14.2. The summed E-state index contributed by atoms with van der Waals surface area (Å²) in [5.41, 5.74) is 0.651. The maximum atomic E-state index is 14.0. The molecule has 1 unspecified atom stereocenters. The predicted octanol–water partition coefficient (Wildman–Crippen LogP) is 6.02. The highest BCUT2D eigenvalue weighted by Gasteiger charge is 2.64. The number of amides is 2. The number of anilines is 1. The minimum absolute atomic E-state index is 0.0109. The molecule has 2 fully saturated rings. The summed E-state index contributed by atoms with van der Waals surface area (Å²) in [7, 11) is 6.46. The van der Waals surface area contributed by atoms with E-state index in [1.165, 1.54) is 12.0 Å². The van der Waals surface area contributed by atoms with Gasteiger partial charge in [0.05, 0.1) is 29.8 Å². The highest BCUT2D eigenvalue weighted by Crippen LogP contribution is 2.49. The zero-order valence-corrected chi connectivity index (χ0v) is 32.5. The molecule has 0 aromatic heterocycles. The van der Waals surface area contributed by atoms with E-state index >= 15 is 0 Å². The lowest BCUT2D eigenvalue weighted by atomic mass is 9.82. The van der Waals surface area contributed by atoms with Gasteiger partial charge in [-0.15, -0.1) is 0 Å². The average molecular weight is 755 g/mol. The van der Waals surface area contributed by atoms with Crippen LogP contribution in [-0.4, -0.2) is 98.2 Å². The fraction of sp³-hybridized carbons (Fsp3) is 0.639. The van der Waals surface area contributed by atoms with Gasteiger partial charge in [0.2, 0.25) is 5.91 Å². The average Bonchev–Trinajstić information content (AvgIpc) is 3.76. The molecule has 0 radical (unpaired) electrons. The minimum atomic E-state index is -1.58. The number of carbonyl (C=O) groups is 3. The van der Waals surface area contributed by atoms with Crippen molar-refractivity contribution >= 4 is 56.8 Å².